The summed E-state index contributed by atoms with van der Waals surface area (Å²) in [5.41, 5.74) is 2.03. The Hall–Kier alpha value is -3.60. The number of amides is 2. The van der Waals surface area contributed by atoms with E-state index in [1.807, 2.05) is 48.5 Å². The highest BCUT2D eigenvalue weighted by atomic mass is 16.5. The number of hydrogen-bond donors (Lipinski definition) is 2. The minimum Gasteiger partial charge on any atom is -0.481 e. The Kier molecular flexibility index (Phi) is 7.00. The fourth-order valence-corrected chi connectivity index (χ4v) is 2.84. The molecule has 29 heavy (non-hydrogen) atoms. The number of para-hydroxylation sites is 2. The first-order chi connectivity index (χ1) is 14.1. The molecule has 0 unspecified atom stereocenters. The summed E-state index contributed by atoms with van der Waals surface area (Å²) in [6.07, 6.45) is 0.0369. The second-order valence-electron chi connectivity index (χ2n) is 6.60. The number of anilines is 1. The Morgan fingerprint density at radius 1 is 0.862 bits per heavy atom. The van der Waals surface area contributed by atoms with Gasteiger partial charge < -0.3 is 15.4 Å². The van der Waals surface area contributed by atoms with E-state index < -0.39 is 6.10 Å². The van der Waals surface area contributed by atoms with E-state index in [9.17, 15) is 9.59 Å². The summed E-state index contributed by atoms with van der Waals surface area (Å²) in [5, 5.41) is 5.70. The van der Waals surface area contributed by atoms with Crippen LogP contribution in [0.3, 0.4) is 0 Å². The summed E-state index contributed by atoms with van der Waals surface area (Å²) in [6.45, 7) is 2.18. The van der Waals surface area contributed by atoms with Crippen LogP contribution in [0.1, 0.15) is 22.8 Å². The minimum absolute atomic E-state index is 0.228. The zero-order chi connectivity index (χ0) is 20.5. The van der Waals surface area contributed by atoms with Gasteiger partial charge in [0.05, 0.1) is 11.3 Å². The van der Waals surface area contributed by atoms with Crippen molar-refractivity contribution in [1.82, 2.24) is 5.32 Å². The third-order valence-corrected chi connectivity index (χ3v) is 4.40. The van der Waals surface area contributed by atoms with Crippen molar-refractivity contribution in [3.8, 4) is 5.75 Å². The molecule has 5 heteroatoms. The summed E-state index contributed by atoms with van der Waals surface area (Å²) in [5.74, 6) is 0.0638. The predicted molar refractivity (Wildman–Crippen MR) is 114 cm³/mol. The van der Waals surface area contributed by atoms with Gasteiger partial charge in [0.1, 0.15) is 5.75 Å². The maximum absolute atomic E-state index is 12.6. The maximum atomic E-state index is 12.6. The summed E-state index contributed by atoms with van der Waals surface area (Å²) in [4.78, 5) is 25.1. The van der Waals surface area contributed by atoms with Gasteiger partial charge in [-0.3, -0.25) is 9.59 Å². The second-order valence-corrected chi connectivity index (χ2v) is 6.60. The Morgan fingerprint density at radius 2 is 1.48 bits per heavy atom. The number of rotatable bonds is 8. The van der Waals surface area contributed by atoms with Crippen molar-refractivity contribution in [2.45, 2.75) is 19.4 Å². The van der Waals surface area contributed by atoms with E-state index in [-0.39, 0.29) is 11.8 Å². The number of hydrogen-bond acceptors (Lipinski definition) is 3. The number of benzene rings is 3. The van der Waals surface area contributed by atoms with Crippen molar-refractivity contribution in [2.75, 3.05) is 11.9 Å². The van der Waals surface area contributed by atoms with Crippen LogP contribution in [0.15, 0.2) is 84.9 Å². The van der Waals surface area contributed by atoms with Crippen LogP contribution in [0.2, 0.25) is 0 Å². The molecule has 3 aromatic carbocycles. The average Bonchev–Trinajstić information content (AvgIpc) is 2.75. The van der Waals surface area contributed by atoms with E-state index in [0.29, 0.717) is 23.5 Å². The molecule has 0 saturated heterocycles. The maximum Gasteiger partial charge on any atom is 0.265 e. The molecule has 2 amide bonds. The summed E-state index contributed by atoms with van der Waals surface area (Å²) in [7, 11) is 0. The highest BCUT2D eigenvalue weighted by molar-refractivity contribution is 6.04. The lowest BCUT2D eigenvalue weighted by Crippen LogP contribution is -2.32. The molecule has 2 N–H and O–H groups in total. The molecular weight excluding hydrogens is 364 g/mol. The summed E-state index contributed by atoms with van der Waals surface area (Å²) in [6, 6.07) is 26.0. The van der Waals surface area contributed by atoms with E-state index in [1.54, 1.807) is 43.3 Å². The van der Waals surface area contributed by atoms with Crippen molar-refractivity contribution < 1.29 is 14.3 Å². The lowest BCUT2D eigenvalue weighted by atomic mass is 10.1. The van der Waals surface area contributed by atoms with Gasteiger partial charge in [-0.05, 0) is 43.2 Å². The Balaban J connectivity index is 1.59. The molecule has 0 fully saturated rings. The highest BCUT2D eigenvalue weighted by Crippen LogP contribution is 2.17. The second kappa shape index (κ2) is 10.1. The molecule has 0 heterocycles. The molecule has 3 aromatic rings. The molecule has 0 bridgehead atoms. The normalized spacial score (nSPS) is 11.3. The first-order valence-corrected chi connectivity index (χ1v) is 9.57. The molecular formula is C24H24N2O3. The van der Waals surface area contributed by atoms with Gasteiger partial charge in [-0.2, -0.15) is 0 Å². The van der Waals surface area contributed by atoms with Crippen LogP contribution < -0.4 is 15.4 Å². The Labute approximate surface area is 170 Å². The zero-order valence-corrected chi connectivity index (χ0v) is 16.3. The fraction of sp³-hybridized carbons (Fsp3) is 0.167. The van der Waals surface area contributed by atoms with E-state index >= 15 is 0 Å². The van der Waals surface area contributed by atoms with Crippen molar-refractivity contribution in [3.63, 3.8) is 0 Å². The quantitative estimate of drug-likeness (QED) is 0.611. The van der Waals surface area contributed by atoms with Crippen LogP contribution in [0.25, 0.3) is 0 Å². The molecule has 0 radical (unpaired) electrons. The number of carbonyl (C=O) groups excluding carboxylic acids is 2. The van der Waals surface area contributed by atoms with Crippen molar-refractivity contribution in [3.05, 3.63) is 96.1 Å². The van der Waals surface area contributed by atoms with Gasteiger partial charge in [0, 0.05) is 6.54 Å². The summed E-state index contributed by atoms with van der Waals surface area (Å²) >= 11 is 0. The number of carbonyl (C=O) groups is 2. The molecule has 0 aliphatic heterocycles. The van der Waals surface area contributed by atoms with Gasteiger partial charge in [0.15, 0.2) is 6.10 Å². The minimum atomic E-state index is -0.702. The van der Waals surface area contributed by atoms with Crippen molar-refractivity contribution in [2.24, 2.45) is 0 Å². The van der Waals surface area contributed by atoms with Crippen LogP contribution >= 0.6 is 0 Å². The summed E-state index contributed by atoms with van der Waals surface area (Å²) < 4.78 is 5.65. The van der Waals surface area contributed by atoms with Crippen LogP contribution in [0.5, 0.6) is 5.75 Å². The zero-order valence-electron chi connectivity index (χ0n) is 16.3. The molecule has 0 aliphatic carbocycles. The van der Waals surface area contributed by atoms with E-state index in [4.69, 9.17) is 4.74 Å². The topological polar surface area (TPSA) is 67.4 Å². The van der Waals surface area contributed by atoms with Gasteiger partial charge in [-0.25, -0.2) is 0 Å². The average molecular weight is 388 g/mol. The van der Waals surface area contributed by atoms with Crippen LogP contribution in [-0.4, -0.2) is 24.5 Å². The van der Waals surface area contributed by atoms with E-state index in [1.165, 1.54) is 0 Å². The fourth-order valence-electron chi connectivity index (χ4n) is 2.84. The largest absolute Gasteiger partial charge is 0.481 e. The lowest BCUT2D eigenvalue weighted by Gasteiger charge is -2.16. The third-order valence-electron chi connectivity index (χ3n) is 4.40. The van der Waals surface area contributed by atoms with Gasteiger partial charge in [0.25, 0.3) is 11.8 Å². The molecule has 5 nitrogen and oxygen atoms in total. The molecule has 1 atom stereocenters. The Bertz CT molecular complexity index is 943. The Morgan fingerprint density at radius 3 is 2.21 bits per heavy atom. The lowest BCUT2D eigenvalue weighted by molar-refractivity contribution is -0.122. The highest BCUT2D eigenvalue weighted by Gasteiger charge is 2.18. The smallest absolute Gasteiger partial charge is 0.265 e. The predicted octanol–water partition coefficient (Wildman–Crippen LogP) is 4.07. The molecule has 148 valence electrons. The first-order valence-electron chi connectivity index (χ1n) is 9.57. The molecule has 3 rings (SSSR count). The molecule has 0 aromatic heterocycles. The van der Waals surface area contributed by atoms with Crippen molar-refractivity contribution >= 4 is 17.5 Å². The van der Waals surface area contributed by atoms with Gasteiger partial charge in [0.2, 0.25) is 0 Å². The monoisotopic (exact) mass is 388 g/mol. The molecule has 0 aliphatic rings. The third kappa shape index (κ3) is 5.94. The SMILES string of the molecule is C[C@@H](Oc1ccccc1)C(=O)Nc1ccccc1C(=O)NCCc1ccccc1. The van der Waals surface area contributed by atoms with Crippen molar-refractivity contribution in [1.29, 1.82) is 0 Å². The van der Waals surface area contributed by atoms with Gasteiger partial charge >= 0.3 is 0 Å². The van der Waals surface area contributed by atoms with Gasteiger partial charge in [-0.15, -0.1) is 0 Å². The number of ether oxygens (including phenoxy) is 1. The molecule has 0 spiro atoms. The van der Waals surface area contributed by atoms with Crippen LogP contribution in [-0.2, 0) is 11.2 Å². The molecule has 0 saturated carbocycles. The van der Waals surface area contributed by atoms with E-state index in [2.05, 4.69) is 10.6 Å². The number of nitrogens with one attached hydrogen (secondary N) is 2. The van der Waals surface area contributed by atoms with Crippen LogP contribution in [0.4, 0.5) is 5.69 Å². The van der Waals surface area contributed by atoms with E-state index in [0.717, 1.165) is 12.0 Å². The standard InChI is InChI=1S/C24H24N2O3/c1-18(29-20-12-6-3-7-13-20)23(27)26-22-15-9-8-14-21(22)24(28)25-17-16-19-10-4-2-5-11-19/h2-15,18H,16-17H2,1H3,(H,25,28)(H,26,27)/t18-/m1/s1. The van der Waals surface area contributed by atoms with Gasteiger partial charge in [-0.1, -0.05) is 60.7 Å². The first kappa shape index (κ1) is 20.1. The van der Waals surface area contributed by atoms with Crippen LogP contribution in [0, 0.1) is 0 Å².